The van der Waals surface area contributed by atoms with Crippen molar-refractivity contribution in [3.8, 4) is 0 Å². The van der Waals surface area contributed by atoms with Gasteiger partial charge in [0.1, 0.15) is 6.54 Å². The number of rotatable bonds is 5. The minimum absolute atomic E-state index is 0.0611. The Balaban J connectivity index is 1.75. The van der Waals surface area contributed by atoms with Gasteiger partial charge in [-0.15, -0.1) is 0 Å². The molecule has 0 atom stereocenters. The van der Waals surface area contributed by atoms with E-state index >= 15 is 0 Å². The highest BCUT2D eigenvalue weighted by molar-refractivity contribution is 6.31. The molecule has 1 aliphatic rings. The first kappa shape index (κ1) is 23.0. The summed E-state index contributed by atoms with van der Waals surface area (Å²) < 4.78 is 1.39. The van der Waals surface area contributed by atoms with Crippen molar-refractivity contribution in [1.29, 1.82) is 0 Å². The molecule has 8 heteroatoms. The first-order valence-electron chi connectivity index (χ1n) is 11.2. The summed E-state index contributed by atoms with van der Waals surface area (Å²) in [6, 6.07) is 12.4. The van der Waals surface area contributed by atoms with Crippen LogP contribution in [0, 0.1) is 6.92 Å². The highest BCUT2D eigenvalue weighted by Gasteiger charge is 2.29. The van der Waals surface area contributed by atoms with Crippen LogP contribution in [0.5, 0.6) is 0 Å². The van der Waals surface area contributed by atoms with E-state index in [2.05, 4.69) is 10.3 Å². The lowest BCUT2D eigenvalue weighted by atomic mass is 9.94. The maximum Gasteiger partial charge on any atom is 0.294 e. The lowest BCUT2D eigenvalue weighted by Crippen LogP contribution is -2.45. The predicted octanol–water partition coefficient (Wildman–Crippen LogP) is 4.68. The van der Waals surface area contributed by atoms with Gasteiger partial charge in [0.2, 0.25) is 17.6 Å². The van der Waals surface area contributed by atoms with Crippen molar-refractivity contribution < 1.29 is 9.59 Å². The zero-order valence-corrected chi connectivity index (χ0v) is 19.6. The fraction of sp³-hybridized carbons (Fsp3) is 0.360. The number of carbonyl (C=O) groups excluding carboxylic acids is 2. The van der Waals surface area contributed by atoms with Crippen molar-refractivity contribution in [3.05, 3.63) is 63.4 Å². The van der Waals surface area contributed by atoms with E-state index in [1.807, 2.05) is 13.0 Å². The highest BCUT2D eigenvalue weighted by atomic mass is 35.5. The molecule has 172 valence electrons. The van der Waals surface area contributed by atoms with E-state index in [0.717, 1.165) is 37.7 Å². The Bertz CT molecular complexity index is 1260. The van der Waals surface area contributed by atoms with Crippen LogP contribution in [0.1, 0.15) is 44.6 Å². The lowest BCUT2D eigenvalue weighted by Gasteiger charge is -2.32. The Morgan fingerprint density at radius 2 is 1.85 bits per heavy atom. The number of nitrogens with one attached hydrogen (secondary N) is 1. The molecular formula is C25H27ClN4O3. The molecule has 7 nitrogen and oxygen atoms in total. The smallest absolute Gasteiger partial charge is 0.294 e. The average Bonchev–Trinajstić information content (AvgIpc) is 2.80. The molecule has 2 amide bonds. The number of benzene rings is 2. The molecule has 1 aliphatic carbocycles. The summed E-state index contributed by atoms with van der Waals surface area (Å²) in [5.41, 5.74) is 1.98. The van der Waals surface area contributed by atoms with Crippen LogP contribution in [0.15, 0.2) is 47.3 Å². The number of fused-ring (bicyclic) bond motifs is 1. The zero-order valence-electron chi connectivity index (χ0n) is 18.8. The number of halogens is 1. The minimum Gasteiger partial charge on any atom is -0.324 e. The normalized spacial score (nSPS) is 14.3. The second kappa shape index (κ2) is 9.75. The van der Waals surface area contributed by atoms with Gasteiger partial charge < -0.3 is 5.32 Å². The molecule has 33 heavy (non-hydrogen) atoms. The van der Waals surface area contributed by atoms with Gasteiger partial charge in [-0.2, -0.15) is 0 Å². The molecule has 1 saturated carbocycles. The van der Waals surface area contributed by atoms with E-state index in [4.69, 9.17) is 11.6 Å². The Kier molecular flexibility index (Phi) is 6.79. The number of nitrogens with zero attached hydrogens (tertiary/aromatic N) is 3. The predicted molar refractivity (Wildman–Crippen MR) is 131 cm³/mol. The van der Waals surface area contributed by atoms with Crippen LogP contribution in [0.2, 0.25) is 5.02 Å². The number of hydrogen-bond acceptors (Lipinski definition) is 4. The summed E-state index contributed by atoms with van der Waals surface area (Å²) in [4.78, 5) is 45.3. The van der Waals surface area contributed by atoms with E-state index in [9.17, 15) is 14.4 Å². The topological polar surface area (TPSA) is 84.3 Å². The maximum absolute atomic E-state index is 13.6. The summed E-state index contributed by atoms with van der Waals surface area (Å²) >= 11 is 6.17. The summed E-state index contributed by atoms with van der Waals surface area (Å²) in [6.45, 7) is 3.07. The molecule has 1 heterocycles. The number of aromatic nitrogens is 2. The van der Waals surface area contributed by atoms with Gasteiger partial charge >= 0.3 is 0 Å². The molecule has 3 aromatic rings. The lowest BCUT2D eigenvalue weighted by molar-refractivity contribution is -0.117. The number of para-hydroxylation sites is 2. The van der Waals surface area contributed by atoms with Crippen LogP contribution in [0.3, 0.4) is 0 Å². The molecule has 0 saturated heterocycles. The van der Waals surface area contributed by atoms with Crippen LogP contribution in [-0.4, -0.2) is 27.4 Å². The molecule has 0 spiro atoms. The summed E-state index contributed by atoms with van der Waals surface area (Å²) in [5, 5.41) is 3.39. The van der Waals surface area contributed by atoms with Crippen LogP contribution >= 0.6 is 11.6 Å². The van der Waals surface area contributed by atoms with Gasteiger partial charge in [0.25, 0.3) is 5.56 Å². The molecule has 0 bridgehead atoms. The van der Waals surface area contributed by atoms with Crippen LogP contribution < -0.4 is 15.8 Å². The molecular weight excluding hydrogens is 440 g/mol. The third kappa shape index (κ3) is 4.78. The summed E-state index contributed by atoms with van der Waals surface area (Å²) in [6.07, 6.45) is 4.82. The van der Waals surface area contributed by atoms with Gasteiger partial charge in [-0.25, -0.2) is 4.98 Å². The van der Waals surface area contributed by atoms with E-state index < -0.39 is 5.56 Å². The van der Waals surface area contributed by atoms with E-state index in [0.29, 0.717) is 21.7 Å². The molecule has 1 N–H and O–H groups in total. The quantitative estimate of drug-likeness (QED) is 0.591. The van der Waals surface area contributed by atoms with Crippen molar-refractivity contribution in [2.75, 3.05) is 10.2 Å². The second-order valence-electron chi connectivity index (χ2n) is 8.46. The summed E-state index contributed by atoms with van der Waals surface area (Å²) in [7, 11) is 0. The average molecular weight is 467 g/mol. The van der Waals surface area contributed by atoms with Crippen LogP contribution in [0.4, 0.5) is 11.5 Å². The van der Waals surface area contributed by atoms with Crippen LogP contribution in [0.25, 0.3) is 11.0 Å². The van der Waals surface area contributed by atoms with E-state index in [1.165, 1.54) is 16.4 Å². The van der Waals surface area contributed by atoms with Crippen molar-refractivity contribution in [1.82, 2.24) is 9.55 Å². The third-order valence-electron chi connectivity index (χ3n) is 6.19. The number of carbonyl (C=O) groups is 2. The van der Waals surface area contributed by atoms with Gasteiger partial charge in [0.15, 0.2) is 0 Å². The Hall–Kier alpha value is -3.19. The fourth-order valence-corrected chi connectivity index (χ4v) is 4.66. The SMILES string of the molecule is CC(=O)N(c1nc2ccccc2n(CC(=O)Nc2cccc(Cl)c2C)c1=O)C1CCCCC1. The Labute approximate surface area is 197 Å². The Morgan fingerprint density at radius 1 is 1.12 bits per heavy atom. The van der Waals surface area contributed by atoms with Gasteiger partial charge in [0.05, 0.1) is 11.0 Å². The standard InChI is InChI=1S/C25H27ClN4O3/c1-16-19(26)11-8-13-20(16)27-23(32)15-29-22-14-7-6-12-21(22)28-24(25(29)33)30(17(2)31)18-9-4-3-5-10-18/h6-8,11-14,18H,3-5,9-10,15H2,1-2H3,(H,27,32). The molecule has 4 rings (SSSR count). The zero-order chi connectivity index (χ0) is 23.5. The summed E-state index contributed by atoms with van der Waals surface area (Å²) in [5.74, 6) is -0.496. The number of hydrogen-bond donors (Lipinski definition) is 1. The second-order valence-corrected chi connectivity index (χ2v) is 8.86. The minimum atomic E-state index is -0.451. The van der Waals surface area contributed by atoms with Crippen molar-refractivity contribution in [2.24, 2.45) is 0 Å². The van der Waals surface area contributed by atoms with Gasteiger partial charge in [-0.3, -0.25) is 23.9 Å². The number of anilines is 2. The fourth-order valence-electron chi connectivity index (χ4n) is 4.49. The highest BCUT2D eigenvalue weighted by Crippen LogP contribution is 2.26. The van der Waals surface area contributed by atoms with Gasteiger partial charge in [-0.1, -0.05) is 49.1 Å². The maximum atomic E-state index is 13.6. The van der Waals surface area contributed by atoms with Crippen molar-refractivity contribution in [3.63, 3.8) is 0 Å². The van der Waals surface area contributed by atoms with Crippen molar-refractivity contribution in [2.45, 2.75) is 58.5 Å². The molecule has 1 aromatic heterocycles. The largest absolute Gasteiger partial charge is 0.324 e. The van der Waals surface area contributed by atoms with Crippen LogP contribution in [-0.2, 0) is 16.1 Å². The first-order valence-corrected chi connectivity index (χ1v) is 11.6. The Morgan fingerprint density at radius 3 is 2.58 bits per heavy atom. The number of amides is 2. The van der Waals surface area contributed by atoms with E-state index in [-0.39, 0.29) is 30.2 Å². The molecule has 1 fully saturated rings. The molecule has 0 unspecified atom stereocenters. The molecule has 2 aromatic carbocycles. The third-order valence-corrected chi connectivity index (χ3v) is 6.60. The molecule has 0 radical (unpaired) electrons. The van der Waals surface area contributed by atoms with Crippen molar-refractivity contribution >= 4 is 46.0 Å². The monoisotopic (exact) mass is 466 g/mol. The van der Waals surface area contributed by atoms with Gasteiger partial charge in [0, 0.05) is 23.7 Å². The van der Waals surface area contributed by atoms with E-state index in [1.54, 1.807) is 36.4 Å². The molecule has 0 aliphatic heterocycles. The van der Waals surface area contributed by atoms with Gasteiger partial charge in [-0.05, 0) is 49.6 Å². The first-order chi connectivity index (χ1) is 15.9.